The molecule has 1 N–H and O–H groups in total. The van der Waals surface area contributed by atoms with Gasteiger partial charge in [0, 0.05) is 10.5 Å². The van der Waals surface area contributed by atoms with Gasteiger partial charge in [-0.1, -0.05) is 41.9 Å². The first-order valence-corrected chi connectivity index (χ1v) is 5.87. The molecule has 0 spiro atoms. The highest BCUT2D eigenvalue weighted by Crippen LogP contribution is 2.16. The normalized spacial score (nSPS) is 13.2. The molecule has 1 atom stereocenters. The first-order chi connectivity index (χ1) is 6.59. The summed E-state index contributed by atoms with van der Waals surface area (Å²) >= 11 is 3.44. The first-order valence-electron chi connectivity index (χ1n) is 5.08. The lowest BCUT2D eigenvalue weighted by atomic mass is 10.1. The van der Waals surface area contributed by atoms with Crippen LogP contribution in [0.4, 0.5) is 0 Å². The third kappa shape index (κ3) is 3.81. The van der Waals surface area contributed by atoms with Gasteiger partial charge >= 0.3 is 0 Å². The molecule has 0 aliphatic rings. The molecule has 0 saturated heterocycles. The molecule has 1 aromatic carbocycles. The van der Waals surface area contributed by atoms with Crippen LogP contribution in [0.1, 0.15) is 32.4 Å². The highest BCUT2D eigenvalue weighted by atomic mass is 79.9. The van der Waals surface area contributed by atoms with E-state index in [9.17, 15) is 0 Å². The quantitative estimate of drug-likeness (QED) is 0.864. The Morgan fingerprint density at radius 1 is 1.14 bits per heavy atom. The minimum absolute atomic E-state index is 0.436. The molecule has 0 fully saturated rings. The Kier molecular flexibility index (Phi) is 4.63. The minimum Gasteiger partial charge on any atom is -0.310 e. The van der Waals surface area contributed by atoms with E-state index in [0.29, 0.717) is 12.0 Å². The maximum atomic E-state index is 3.50. The molecule has 0 unspecified atom stereocenters. The molecule has 0 aliphatic heterocycles. The number of nitrogens with one attached hydrogen (secondary N) is 1. The molecule has 0 aromatic heterocycles. The van der Waals surface area contributed by atoms with Gasteiger partial charge in [-0.15, -0.1) is 0 Å². The highest BCUT2D eigenvalue weighted by molar-refractivity contribution is 9.10. The van der Waals surface area contributed by atoms with Gasteiger partial charge in [-0.2, -0.15) is 0 Å². The predicted molar refractivity (Wildman–Crippen MR) is 65.4 cm³/mol. The fraction of sp³-hybridized carbons (Fsp3) is 0.500. The molecule has 0 aliphatic carbocycles. The molecule has 78 valence electrons. The van der Waals surface area contributed by atoms with E-state index in [0.717, 1.165) is 11.0 Å². The fourth-order valence-electron chi connectivity index (χ4n) is 1.28. The molecule has 14 heavy (non-hydrogen) atoms. The summed E-state index contributed by atoms with van der Waals surface area (Å²) in [5, 5.41) is 3.50. The zero-order valence-corrected chi connectivity index (χ0v) is 10.6. The van der Waals surface area contributed by atoms with Gasteiger partial charge in [0.05, 0.1) is 0 Å². The van der Waals surface area contributed by atoms with Gasteiger partial charge in [0.1, 0.15) is 0 Å². The lowest BCUT2D eigenvalue weighted by Gasteiger charge is -2.15. The van der Waals surface area contributed by atoms with Gasteiger partial charge in [-0.25, -0.2) is 0 Å². The molecule has 1 nitrogen and oxygen atoms in total. The summed E-state index contributed by atoms with van der Waals surface area (Å²) in [5.41, 5.74) is 1.34. The summed E-state index contributed by atoms with van der Waals surface area (Å²) in [6, 6.07) is 8.92. The van der Waals surface area contributed by atoms with Gasteiger partial charge in [-0.3, -0.25) is 0 Å². The van der Waals surface area contributed by atoms with Crippen molar-refractivity contribution in [3.05, 3.63) is 34.3 Å². The third-order valence-corrected chi connectivity index (χ3v) is 2.73. The Balaban J connectivity index is 2.52. The summed E-state index contributed by atoms with van der Waals surface area (Å²) in [4.78, 5) is 0. The number of halogens is 1. The second-order valence-corrected chi connectivity index (χ2v) is 4.99. The molecule has 1 aromatic rings. The van der Waals surface area contributed by atoms with E-state index in [1.54, 1.807) is 0 Å². The van der Waals surface area contributed by atoms with E-state index in [1.807, 2.05) is 0 Å². The van der Waals surface area contributed by atoms with Crippen molar-refractivity contribution in [3.8, 4) is 0 Å². The maximum Gasteiger partial charge on any atom is 0.0291 e. The van der Waals surface area contributed by atoms with Crippen LogP contribution in [-0.2, 0) is 0 Å². The largest absolute Gasteiger partial charge is 0.310 e. The van der Waals surface area contributed by atoms with Crippen LogP contribution in [0.5, 0.6) is 0 Å². The van der Waals surface area contributed by atoms with Crippen LogP contribution in [0.2, 0.25) is 0 Å². The summed E-state index contributed by atoms with van der Waals surface area (Å²) in [6.07, 6.45) is 0. The second kappa shape index (κ2) is 5.52. The maximum absolute atomic E-state index is 3.50. The van der Waals surface area contributed by atoms with Crippen molar-refractivity contribution in [2.75, 3.05) is 6.54 Å². The Morgan fingerprint density at radius 3 is 2.21 bits per heavy atom. The van der Waals surface area contributed by atoms with Crippen LogP contribution in [0.25, 0.3) is 0 Å². The molecule has 2 heteroatoms. The smallest absolute Gasteiger partial charge is 0.0291 e. The van der Waals surface area contributed by atoms with Crippen molar-refractivity contribution in [2.45, 2.75) is 26.8 Å². The van der Waals surface area contributed by atoms with Crippen LogP contribution in [0.15, 0.2) is 28.7 Å². The molecular weight excluding hydrogens is 238 g/mol. The first kappa shape index (κ1) is 11.7. The Labute approximate surface area is 95.0 Å². The molecule has 0 amide bonds. The fourth-order valence-corrected chi connectivity index (χ4v) is 1.55. The number of hydrogen-bond donors (Lipinski definition) is 1. The van der Waals surface area contributed by atoms with Crippen LogP contribution in [-0.4, -0.2) is 6.54 Å². The van der Waals surface area contributed by atoms with Crippen molar-refractivity contribution in [3.63, 3.8) is 0 Å². The van der Waals surface area contributed by atoms with E-state index in [1.165, 1.54) is 5.56 Å². The van der Waals surface area contributed by atoms with Crippen molar-refractivity contribution in [1.82, 2.24) is 5.32 Å². The van der Waals surface area contributed by atoms with Gasteiger partial charge < -0.3 is 5.32 Å². The van der Waals surface area contributed by atoms with Crippen molar-refractivity contribution in [1.29, 1.82) is 0 Å². The Morgan fingerprint density at radius 2 is 1.71 bits per heavy atom. The van der Waals surface area contributed by atoms with Gasteiger partial charge in [-0.05, 0) is 37.1 Å². The molecular formula is C12H18BrN. The van der Waals surface area contributed by atoms with E-state index in [-0.39, 0.29) is 0 Å². The highest BCUT2D eigenvalue weighted by Gasteiger charge is 2.04. The SMILES string of the molecule is CC(C)CN[C@H](C)c1ccc(Br)cc1. The number of hydrogen-bond acceptors (Lipinski definition) is 1. The minimum atomic E-state index is 0.436. The third-order valence-electron chi connectivity index (χ3n) is 2.20. The monoisotopic (exact) mass is 255 g/mol. The summed E-state index contributed by atoms with van der Waals surface area (Å²) in [5.74, 6) is 0.702. The van der Waals surface area contributed by atoms with E-state index >= 15 is 0 Å². The average molecular weight is 256 g/mol. The lowest BCUT2D eigenvalue weighted by Crippen LogP contribution is -2.23. The number of rotatable bonds is 4. The lowest BCUT2D eigenvalue weighted by molar-refractivity contribution is 0.496. The topological polar surface area (TPSA) is 12.0 Å². The van der Waals surface area contributed by atoms with Gasteiger partial charge in [0.15, 0.2) is 0 Å². The summed E-state index contributed by atoms with van der Waals surface area (Å²) < 4.78 is 1.14. The standard InChI is InChI=1S/C12H18BrN/c1-9(2)8-14-10(3)11-4-6-12(13)7-5-11/h4-7,9-10,14H,8H2,1-3H3/t10-/m1/s1. The Bertz CT molecular complexity index is 266. The van der Waals surface area contributed by atoms with Crippen LogP contribution in [0.3, 0.4) is 0 Å². The van der Waals surface area contributed by atoms with Gasteiger partial charge in [0.2, 0.25) is 0 Å². The van der Waals surface area contributed by atoms with E-state index < -0.39 is 0 Å². The van der Waals surface area contributed by atoms with Crippen molar-refractivity contribution < 1.29 is 0 Å². The van der Waals surface area contributed by atoms with Crippen LogP contribution in [0, 0.1) is 5.92 Å². The van der Waals surface area contributed by atoms with Crippen LogP contribution >= 0.6 is 15.9 Å². The summed E-state index contributed by atoms with van der Waals surface area (Å²) in [7, 11) is 0. The molecule has 1 rings (SSSR count). The molecule has 0 bridgehead atoms. The van der Waals surface area contributed by atoms with Gasteiger partial charge in [0.25, 0.3) is 0 Å². The van der Waals surface area contributed by atoms with E-state index in [2.05, 4.69) is 66.3 Å². The molecule has 0 radical (unpaired) electrons. The predicted octanol–water partition coefficient (Wildman–Crippen LogP) is 3.76. The Hall–Kier alpha value is -0.340. The van der Waals surface area contributed by atoms with Crippen LogP contribution < -0.4 is 5.32 Å². The van der Waals surface area contributed by atoms with Crippen molar-refractivity contribution >= 4 is 15.9 Å². The van der Waals surface area contributed by atoms with Crippen molar-refractivity contribution in [2.24, 2.45) is 5.92 Å². The average Bonchev–Trinajstić information content (AvgIpc) is 2.15. The molecule has 0 saturated carbocycles. The zero-order chi connectivity index (χ0) is 10.6. The second-order valence-electron chi connectivity index (χ2n) is 4.08. The molecule has 0 heterocycles. The number of benzene rings is 1. The van der Waals surface area contributed by atoms with E-state index in [4.69, 9.17) is 0 Å². The zero-order valence-electron chi connectivity index (χ0n) is 9.05. The summed E-state index contributed by atoms with van der Waals surface area (Å²) in [6.45, 7) is 7.71.